The maximum Gasteiger partial charge on any atom is 0.231 e. The number of nitrogens with one attached hydrogen (secondary N) is 3. The second kappa shape index (κ2) is 4.33. The molecule has 2 aromatic rings. The van der Waals surface area contributed by atoms with E-state index in [-0.39, 0.29) is 17.9 Å². The molecule has 0 radical (unpaired) electrons. The quantitative estimate of drug-likeness (QED) is 0.736. The Hall–Kier alpha value is -2.37. The van der Waals surface area contributed by atoms with Gasteiger partial charge in [-0.3, -0.25) is 15.4 Å². The molecule has 1 fully saturated rings. The highest BCUT2D eigenvalue weighted by Crippen LogP contribution is 2.30. The third-order valence-corrected chi connectivity index (χ3v) is 3.98. The molecule has 2 heterocycles. The van der Waals surface area contributed by atoms with E-state index in [1.165, 1.54) is 0 Å². The molecular weight excluding hydrogens is 254 g/mol. The normalized spacial score (nSPS) is 25.2. The first-order chi connectivity index (χ1) is 9.79. The molecule has 1 aromatic carbocycles. The van der Waals surface area contributed by atoms with Crippen LogP contribution in [0.25, 0.3) is 11.0 Å². The Morgan fingerprint density at radius 3 is 3.05 bits per heavy atom. The van der Waals surface area contributed by atoms with Gasteiger partial charge in [0.25, 0.3) is 0 Å². The number of amides is 1. The number of carbonyl (C=O) groups excluding carboxylic acids is 1. The highest BCUT2D eigenvalue weighted by Gasteiger charge is 2.36. The van der Waals surface area contributed by atoms with Crippen LogP contribution in [0.15, 0.2) is 29.3 Å². The molecule has 1 amide bonds. The number of benzene rings is 1. The predicted octanol–water partition coefficient (Wildman–Crippen LogP) is 1.63. The molecule has 3 N–H and O–H groups in total. The number of H-pyrrole nitrogens is 1. The molecule has 1 aromatic heterocycles. The Kier molecular flexibility index (Phi) is 2.48. The first kappa shape index (κ1) is 11.5. The zero-order chi connectivity index (χ0) is 13.5. The van der Waals surface area contributed by atoms with Crippen LogP contribution in [0.1, 0.15) is 19.3 Å². The maximum atomic E-state index is 12.0. The second-order valence-corrected chi connectivity index (χ2v) is 5.30. The lowest BCUT2D eigenvalue weighted by Crippen LogP contribution is -2.46. The van der Waals surface area contributed by atoms with Gasteiger partial charge < -0.3 is 4.98 Å². The molecular formula is C14H15N5O. The fourth-order valence-electron chi connectivity index (χ4n) is 3.00. The monoisotopic (exact) mass is 269 g/mol. The van der Waals surface area contributed by atoms with Crippen molar-refractivity contribution in [3.8, 4) is 0 Å². The van der Waals surface area contributed by atoms with Crippen molar-refractivity contribution in [1.29, 1.82) is 0 Å². The molecule has 6 nitrogen and oxygen atoms in total. The van der Waals surface area contributed by atoms with Crippen molar-refractivity contribution in [1.82, 2.24) is 15.3 Å². The van der Waals surface area contributed by atoms with Crippen LogP contribution >= 0.6 is 0 Å². The number of guanidine groups is 1. The maximum absolute atomic E-state index is 12.0. The number of aromatic nitrogens is 2. The number of anilines is 1. The van der Waals surface area contributed by atoms with Crippen molar-refractivity contribution in [3.63, 3.8) is 0 Å². The van der Waals surface area contributed by atoms with E-state index in [0.29, 0.717) is 11.9 Å². The molecule has 1 saturated carbocycles. The Labute approximate surface area is 115 Å². The topological polar surface area (TPSA) is 82.2 Å². The molecule has 20 heavy (non-hydrogen) atoms. The molecule has 6 heteroatoms. The summed E-state index contributed by atoms with van der Waals surface area (Å²) in [6.07, 6.45) is 3.01. The number of hydrogen-bond donors (Lipinski definition) is 3. The summed E-state index contributed by atoms with van der Waals surface area (Å²) in [4.78, 5) is 24.1. The highest BCUT2D eigenvalue weighted by molar-refractivity contribution is 6.06. The third-order valence-electron chi connectivity index (χ3n) is 3.98. The minimum Gasteiger partial charge on any atom is -0.324 e. The lowest BCUT2D eigenvalue weighted by Gasteiger charge is -2.23. The van der Waals surface area contributed by atoms with Gasteiger partial charge in [-0.05, 0) is 25.0 Å². The highest BCUT2D eigenvalue weighted by atomic mass is 16.2. The van der Waals surface area contributed by atoms with Gasteiger partial charge in [-0.2, -0.15) is 0 Å². The van der Waals surface area contributed by atoms with E-state index in [2.05, 4.69) is 25.6 Å². The minimum absolute atomic E-state index is 0.0521. The number of rotatable bonds is 1. The molecule has 4 rings (SSSR count). The summed E-state index contributed by atoms with van der Waals surface area (Å²) < 4.78 is 0. The van der Waals surface area contributed by atoms with Gasteiger partial charge in [-0.25, -0.2) is 9.98 Å². The summed E-state index contributed by atoms with van der Waals surface area (Å²) in [6.45, 7) is 0. The van der Waals surface area contributed by atoms with Gasteiger partial charge in [0, 0.05) is 0 Å². The Bertz CT molecular complexity index is 671. The first-order valence-corrected chi connectivity index (χ1v) is 6.90. The molecule has 102 valence electrons. The van der Waals surface area contributed by atoms with Crippen molar-refractivity contribution in [2.24, 2.45) is 10.9 Å². The molecule has 1 aliphatic carbocycles. The lowest BCUT2D eigenvalue weighted by molar-refractivity contribution is -0.124. The smallest absolute Gasteiger partial charge is 0.231 e. The zero-order valence-electron chi connectivity index (χ0n) is 10.9. The number of nitrogens with zero attached hydrogens (tertiary/aromatic N) is 2. The average molecular weight is 269 g/mol. The Morgan fingerprint density at radius 2 is 2.15 bits per heavy atom. The van der Waals surface area contributed by atoms with Crippen molar-refractivity contribution >= 4 is 28.8 Å². The van der Waals surface area contributed by atoms with Gasteiger partial charge in [0.1, 0.15) is 0 Å². The molecule has 2 atom stereocenters. The van der Waals surface area contributed by atoms with Gasteiger partial charge >= 0.3 is 0 Å². The molecule has 0 bridgehead atoms. The predicted molar refractivity (Wildman–Crippen MR) is 76.4 cm³/mol. The molecule has 2 aliphatic rings. The van der Waals surface area contributed by atoms with Crippen LogP contribution in [0.4, 0.5) is 5.95 Å². The van der Waals surface area contributed by atoms with Gasteiger partial charge in [0.05, 0.1) is 23.0 Å². The van der Waals surface area contributed by atoms with E-state index < -0.39 is 0 Å². The molecule has 1 aliphatic heterocycles. The zero-order valence-corrected chi connectivity index (χ0v) is 10.9. The summed E-state index contributed by atoms with van der Waals surface area (Å²) in [6, 6.07) is 7.91. The summed E-state index contributed by atoms with van der Waals surface area (Å²) in [7, 11) is 0. The van der Waals surface area contributed by atoms with Crippen molar-refractivity contribution in [2.45, 2.75) is 25.3 Å². The fourth-order valence-corrected chi connectivity index (χ4v) is 3.00. The van der Waals surface area contributed by atoms with E-state index in [9.17, 15) is 4.79 Å². The van der Waals surface area contributed by atoms with E-state index in [0.717, 1.165) is 30.3 Å². The fraction of sp³-hybridized carbons (Fsp3) is 0.357. The van der Waals surface area contributed by atoms with E-state index in [1.54, 1.807) is 0 Å². The summed E-state index contributed by atoms with van der Waals surface area (Å²) >= 11 is 0. The number of fused-ring (bicyclic) bond motifs is 2. The van der Waals surface area contributed by atoms with Gasteiger partial charge in [0.2, 0.25) is 17.8 Å². The largest absolute Gasteiger partial charge is 0.324 e. The summed E-state index contributed by atoms with van der Waals surface area (Å²) in [5.74, 6) is 1.22. The number of imidazole rings is 1. The number of carbonyl (C=O) groups is 1. The lowest BCUT2D eigenvalue weighted by atomic mass is 10.0. The Morgan fingerprint density at radius 1 is 1.25 bits per heavy atom. The Balaban J connectivity index is 1.60. The third kappa shape index (κ3) is 1.84. The van der Waals surface area contributed by atoms with Crippen LogP contribution in [-0.2, 0) is 4.79 Å². The van der Waals surface area contributed by atoms with Crippen LogP contribution in [0, 0.1) is 5.92 Å². The van der Waals surface area contributed by atoms with Crippen LogP contribution in [0.3, 0.4) is 0 Å². The van der Waals surface area contributed by atoms with Gasteiger partial charge in [-0.15, -0.1) is 0 Å². The standard InChI is InChI=1S/C14H15N5O/c20-12-8-4-3-7-9(8)15-14(18-12)19-13-16-10-5-1-2-6-11(10)17-13/h1-2,5-6,8-9H,3-4,7H2,(H3,15,16,17,18,19,20). The molecule has 2 unspecified atom stereocenters. The van der Waals surface area contributed by atoms with Crippen molar-refractivity contribution in [3.05, 3.63) is 24.3 Å². The van der Waals surface area contributed by atoms with Crippen LogP contribution in [-0.4, -0.2) is 27.9 Å². The van der Waals surface area contributed by atoms with E-state index in [1.807, 2.05) is 24.3 Å². The number of aliphatic imine (C=N–C) groups is 1. The number of para-hydroxylation sites is 2. The van der Waals surface area contributed by atoms with Crippen LogP contribution in [0.2, 0.25) is 0 Å². The summed E-state index contributed by atoms with van der Waals surface area (Å²) in [5, 5.41) is 5.89. The van der Waals surface area contributed by atoms with Crippen molar-refractivity contribution < 1.29 is 4.79 Å². The first-order valence-electron chi connectivity index (χ1n) is 6.90. The minimum atomic E-state index is 0.0521. The van der Waals surface area contributed by atoms with Crippen LogP contribution < -0.4 is 10.6 Å². The summed E-state index contributed by atoms with van der Waals surface area (Å²) in [5.41, 5.74) is 1.84. The average Bonchev–Trinajstić information content (AvgIpc) is 3.04. The van der Waals surface area contributed by atoms with E-state index in [4.69, 9.17) is 0 Å². The van der Waals surface area contributed by atoms with Gasteiger partial charge in [-0.1, -0.05) is 18.6 Å². The number of hydrogen-bond acceptors (Lipinski definition) is 4. The second-order valence-electron chi connectivity index (χ2n) is 5.30. The SMILES string of the molecule is O=C1NC(Nc2nc3ccccc3[nH]2)=NC2CCCC12. The van der Waals surface area contributed by atoms with E-state index >= 15 is 0 Å². The number of aromatic amines is 1. The van der Waals surface area contributed by atoms with Crippen molar-refractivity contribution in [2.75, 3.05) is 5.32 Å². The van der Waals surface area contributed by atoms with Crippen LogP contribution in [0.5, 0.6) is 0 Å². The molecule has 0 spiro atoms. The van der Waals surface area contributed by atoms with Gasteiger partial charge in [0.15, 0.2) is 0 Å². The molecule has 0 saturated heterocycles.